The Morgan fingerprint density at radius 1 is 1.21 bits per heavy atom. The Balaban J connectivity index is 3.23. The third-order valence-corrected chi connectivity index (χ3v) is 4.33. The zero-order valence-corrected chi connectivity index (χ0v) is 12.5. The minimum Gasteiger partial charge on any atom is -0.506 e. The summed E-state index contributed by atoms with van der Waals surface area (Å²) in [5.41, 5.74) is 0.0464. The molecule has 0 heterocycles. The van der Waals surface area contributed by atoms with Crippen molar-refractivity contribution in [3.05, 3.63) is 23.8 Å². The van der Waals surface area contributed by atoms with Crippen molar-refractivity contribution in [3.8, 4) is 5.75 Å². The van der Waals surface area contributed by atoms with E-state index < -0.39 is 21.3 Å². The molecule has 0 aliphatic heterocycles. The van der Waals surface area contributed by atoms with Crippen LogP contribution in [-0.4, -0.2) is 18.1 Å². The van der Waals surface area contributed by atoms with Crippen molar-refractivity contribution in [1.82, 2.24) is 0 Å². The number of unbranched alkanes of at least 4 members (excludes halogenated alkanes) is 2. The molecule has 0 amide bonds. The zero-order chi connectivity index (χ0) is 14.7. The molecule has 0 aromatic heterocycles. The van der Waals surface area contributed by atoms with Gasteiger partial charge in [0, 0.05) is 0 Å². The Labute approximate surface area is 115 Å². The third-order valence-electron chi connectivity index (χ3n) is 3.39. The molecule has 5 heteroatoms. The minimum atomic E-state index is -4.43. The Kier molecular flexibility index (Phi) is 4.98. The van der Waals surface area contributed by atoms with Crippen LogP contribution in [0.5, 0.6) is 5.75 Å². The van der Waals surface area contributed by atoms with E-state index in [1.807, 2.05) is 13.8 Å². The van der Waals surface area contributed by atoms with Crippen LogP contribution in [0.15, 0.2) is 23.1 Å². The summed E-state index contributed by atoms with van der Waals surface area (Å²) in [6.45, 7) is 5.95. The number of phenolic OH excluding ortho intramolecular Hbond substituents is 1. The second kappa shape index (κ2) is 5.92. The van der Waals surface area contributed by atoms with Crippen molar-refractivity contribution in [2.75, 3.05) is 0 Å². The zero-order valence-electron chi connectivity index (χ0n) is 11.7. The average Bonchev–Trinajstić information content (AvgIpc) is 2.27. The predicted octanol–water partition coefficient (Wildman–Crippen LogP) is 3.50. The molecule has 0 radical (unpaired) electrons. The summed E-state index contributed by atoms with van der Waals surface area (Å²) in [7, 11) is -4.43. The summed E-state index contributed by atoms with van der Waals surface area (Å²) in [6, 6.07) is 4.52. The second-order valence-electron chi connectivity index (χ2n) is 5.47. The molecule has 0 aliphatic rings. The van der Waals surface area contributed by atoms with Gasteiger partial charge in [0.1, 0.15) is 10.6 Å². The van der Waals surface area contributed by atoms with E-state index in [0.29, 0.717) is 5.56 Å². The van der Waals surface area contributed by atoms with Gasteiger partial charge in [-0.05, 0) is 23.5 Å². The Bertz CT molecular complexity index is 532. The van der Waals surface area contributed by atoms with Gasteiger partial charge in [-0.2, -0.15) is 8.42 Å². The van der Waals surface area contributed by atoms with Crippen LogP contribution in [0.3, 0.4) is 0 Å². The molecule has 0 bridgehead atoms. The smallest absolute Gasteiger partial charge is 0.298 e. The highest BCUT2D eigenvalue weighted by Gasteiger charge is 2.30. The van der Waals surface area contributed by atoms with Crippen LogP contribution in [0.25, 0.3) is 0 Å². The van der Waals surface area contributed by atoms with Crippen LogP contribution in [0.4, 0.5) is 0 Å². The van der Waals surface area contributed by atoms with Crippen LogP contribution in [0, 0.1) is 0 Å². The Morgan fingerprint density at radius 3 is 2.37 bits per heavy atom. The van der Waals surface area contributed by atoms with Crippen molar-refractivity contribution in [1.29, 1.82) is 0 Å². The first kappa shape index (κ1) is 16.0. The van der Waals surface area contributed by atoms with Crippen LogP contribution >= 0.6 is 0 Å². The molecule has 19 heavy (non-hydrogen) atoms. The first-order chi connectivity index (χ1) is 8.70. The van der Waals surface area contributed by atoms with Crippen molar-refractivity contribution in [2.45, 2.75) is 56.8 Å². The predicted molar refractivity (Wildman–Crippen MR) is 75.1 cm³/mol. The molecule has 0 atom stereocenters. The number of hydrogen-bond donors (Lipinski definition) is 2. The first-order valence-corrected chi connectivity index (χ1v) is 7.94. The fourth-order valence-corrected chi connectivity index (χ4v) is 3.24. The summed E-state index contributed by atoms with van der Waals surface area (Å²) in [6.07, 6.45) is 3.93. The fraction of sp³-hybridized carbons (Fsp3) is 0.571. The minimum absolute atomic E-state index is 0.364. The van der Waals surface area contributed by atoms with Crippen LogP contribution in [0.1, 0.15) is 52.0 Å². The summed E-state index contributed by atoms with van der Waals surface area (Å²) >= 11 is 0. The molecule has 108 valence electrons. The maximum Gasteiger partial charge on any atom is 0.298 e. The molecule has 0 saturated carbocycles. The van der Waals surface area contributed by atoms with E-state index in [1.165, 1.54) is 6.07 Å². The number of aromatic hydroxyl groups is 1. The molecule has 0 aliphatic carbocycles. The van der Waals surface area contributed by atoms with E-state index in [4.69, 9.17) is 0 Å². The molecular weight excluding hydrogens is 264 g/mol. The van der Waals surface area contributed by atoms with Crippen molar-refractivity contribution in [3.63, 3.8) is 0 Å². The van der Waals surface area contributed by atoms with Crippen LogP contribution < -0.4 is 0 Å². The maximum atomic E-state index is 11.4. The molecular formula is C14H22O4S. The Morgan fingerprint density at radius 2 is 1.84 bits per heavy atom. The van der Waals surface area contributed by atoms with Crippen molar-refractivity contribution < 1.29 is 18.1 Å². The lowest BCUT2D eigenvalue weighted by molar-refractivity contribution is 0.411. The first-order valence-electron chi connectivity index (χ1n) is 6.50. The summed E-state index contributed by atoms with van der Waals surface area (Å²) in [5.74, 6) is -0.399. The van der Waals surface area contributed by atoms with Crippen molar-refractivity contribution in [2.24, 2.45) is 0 Å². The van der Waals surface area contributed by atoms with E-state index in [1.54, 1.807) is 12.1 Å². The average molecular weight is 286 g/mol. The molecule has 2 N–H and O–H groups in total. The van der Waals surface area contributed by atoms with Gasteiger partial charge in [0.2, 0.25) is 0 Å². The van der Waals surface area contributed by atoms with Crippen LogP contribution in [0.2, 0.25) is 0 Å². The monoisotopic (exact) mass is 286 g/mol. The Hall–Kier alpha value is -1.07. The number of phenols is 1. The van der Waals surface area contributed by atoms with E-state index in [-0.39, 0.29) is 4.90 Å². The summed E-state index contributed by atoms with van der Waals surface area (Å²) < 4.78 is 32.2. The summed E-state index contributed by atoms with van der Waals surface area (Å²) in [4.78, 5) is -0.364. The van der Waals surface area contributed by atoms with Gasteiger partial charge in [-0.25, -0.2) is 0 Å². The van der Waals surface area contributed by atoms with E-state index in [9.17, 15) is 18.1 Å². The molecule has 0 unspecified atom stereocenters. The van der Waals surface area contributed by atoms with Gasteiger partial charge >= 0.3 is 0 Å². The highest BCUT2D eigenvalue weighted by molar-refractivity contribution is 7.86. The van der Waals surface area contributed by atoms with E-state index >= 15 is 0 Å². The highest BCUT2D eigenvalue weighted by Crippen LogP contribution is 2.37. The number of benzene rings is 1. The van der Waals surface area contributed by atoms with Gasteiger partial charge in [0.25, 0.3) is 10.1 Å². The SMILES string of the molecule is CCCCCC(C)(C)c1cccc(O)c1S(=O)(=O)O. The lowest BCUT2D eigenvalue weighted by atomic mass is 9.80. The van der Waals surface area contributed by atoms with E-state index in [0.717, 1.165) is 25.7 Å². The summed E-state index contributed by atoms with van der Waals surface area (Å²) in [5, 5.41) is 9.72. The largest absolute Gasteiger partial charge is 0.506 e. The molecule has 1 aromatic carbocycles. The van der Waals surface area contributed by atoms with Gasteiger partial charge in [-0.3, -0.25) is 4.55 Å². The molecule has 0 fully saturated rings. The molecule has 1 rings (SSSR count). The van der Waals surface area contributed by atoms with Gasteiger partial charge < -0.3 is 5.11 Å². The van der Waals surface area contributed by atoms with E-state index in [2.05, 4.69) is 6.92 Å². The molecule has 0 spiro atoms. The quantitative estimate of drug-likeness (QED) is 0.620. The standard InChI is InChI=1S/C14H22O4S/c1-4-5-6-10-14(2,3)11-8-7-9-12(15)13(11)19(16,17)18/h7-9,15H,4-6,10H2,1-3H3,(H,16,17,18). The van der Waals surface area contributed by atoms with Crippen LogP contribution in [-0.2, 0) is 15.5 Å². The number of hydrogen-bond acceptors (Lipinski definition) is 3. The van der Waals surface area contributed by atoms with Gasteiger partial charge in [-0.1, -0.05) is 52.2 Å². The highest BCUT2D eigenvalue weighted by atomic mass is 32.2. The lowest BCUT2D eigenvalue weighted by Crippen LogP contribution is -2.21. The topological polar surface area (TPSA) is 74.6 Å². The van der Waals surface area contributed by atoms with Gasteiger partial charge in [-0.15, -0.1) is 0 Å². The fourth-order valence-electron chi connectivity index (χ4n) is 2.28. The third kappa shape index (κ3) is 3.94. The lowest BCUT2D eigenvalue weighted by Gasteiger charge is -2.27. The normalized spacial score (nSPS) is 12.6. The second-order valence-corrected chi connectivity index (χ2v) is 6.83. The number of rotatable bonds is 6. The van der Waals surface area contributed by atoms with Crippen molar-refractivity contribution >= 4 is 10.1 Å². The molecule has 0 saturated heterocycles. The van der Waals surface area contributed by atoms with Gasteiger partial charge in [0.15, 0.2) is 0 Å². The van der Waals surface area contributed by atoms with Gasteiger partial charge in [0.05, 0.1) is 0 Å². The maximum absolute atomic E-state index is 11.4. The molecule has 4 nitrogen and oxygen atoms in total. The molecule has 1 aromatic rings.